The molecule has 0 bridgehead atoms. The van der Waals surface area contributed by atoms with E-state index in [-0.39, 0.29) is 28.3 Å². The number of carboxylic acids is 1. The van der Waals surface area contributed by atoms with E-state index in [1.165, 1.54) is 12.3 Å². The summed E-state index contributed by atoms with van der Waals surface area (Å²) in [4.78, 5) is 28.8. The van der Waals surface area contributed by atoms with Gasteiger partial charge in [0.15, 0.2) is 0 Å². The van der Waals surface area contributed by atoms with Gasteiger partial charge in [-0.15, -0.1) is 0 Å². The molecular weight excluding hydrogens is 349 g/mol. The number of hydrogen-bond acceptors (Lipinski definition) is 4. The zero-order valence-electron chi connectivity index (χ0n) is 14.9. The second-order valence-corrected chi connectivity index (χ2v) is 8.32. The van der Waals surface area contributed by atoms with Crippen molar-refractivity contribution < 1.29 is 14.3 Å². The number of halogens is 1. The summed E-state index contributed by atoms with van der Waals surface area (Å²) in [6, 6.07) is 1.22. The molecule has 2 saturated carbocycles. The van der Waals surface area contributed by atoms with E-state index in [2.05, 4.69) is 4.98 Å². The molecule has 2 heterocycles. The highest BCUT2D eigenvalue weighted by Crippen LogP contribution is 2.54. The van der Waals surface area contributed by atoms with E-state index >= 15 is 4.39 Å². The Morgan fingerprint density at radius 3 is 2.67 bits per heavy atom. The van der Waals surface area contributed by atoms with Crippen LogP contribution in [-0.4, -0.2) is 35.2 Å². The number of aromatic nitrogens is 1. The van der Waals surface area contributed by atoms with Crippen LogP contribution in [0.25, 0.3) is 10.9 Å². The average Bonchev–Trinajstić information content (AvgIpc) is 3.52. The number of rotatable bonds is 3. The summed E-state index contributed by atoms with van der Waals surface area (Å²) in [7, 11) is 0. The molecular formula is C20H22FN3O3. The molecule has 3 fully saturated rings. The standard InChI is InChI=1S/C20H22FN3O3/c21-13-7-11-16(23-8-12(18(11)25)19(26)27)15(10-1-2-10)17(13)24-6-5-20(3-4-20)14(22)9-24/h7-8,10,14H,1-6,9,22H2,(H,23,25)(H,26,27). The number of piperidine rings is 1. The van der Waals surface area contributed by atoms with Gasteiger partial charge in [0.1, 0.15) is 11.4 Å². The van der Waals surface area contributed by atoms with Crippen molar-refractivity contribution in [2.75, 3.05) is 18.0 Å². The van der Waals surface area contributed by atoms with Crippen molar-refractivity contribution in [2.24, 2.45) is 11.1 Å². The number of hydrogen-bond donors (Lipinski definition) is 3. The average molecular weight is 371 g/mol. The maximum Gasteiger partial charge on any atom is 0.341 e. The molecule has 1 aromatic carbocycles. The largest absolute Gasteiger partial charge is 0.477 e. The number of pyridine rings is 1. The van der Waals surface area contributed by atoms with Gasteiger partial charge in [0, 0.05) is 36.3 Å². The van der Waals surface area contributed by atoms with Crippen LogP contribution in [0.15, 0.2) is 17.1 Å². The van der Waals surface area contributed by atoms with Crippen LogP contribution in [0.3, 0.4) is 0 Å². The third-order valence-corrected chi connectivity index (χ3v) is 6.65. The number of anilines is 1. The molecule has 1 saturated heterocycles. The fourth-order valence-electron chi connectivity index (χ4n) is 4.65. The van der Waals surface area contributed by atoms with Crippen molar-refractivity contribution in [3.8, 4) is 0 Å². The van der Waals surface area contributed by atoms with Crippen LogP contribution in [-0.2, 0) is 0 Å². The predicted octanol–water partition coefficient (Wildman–Crippen LogP) is 2.56. The molecule has 1 atom stereocenters. The van der Waals surface area contributed by atoms with E-state index in [4.69, 9.17) is 5.73 Å². The van der Waals surface area contributed by atoms with E-state index < -0.39 is 17.2 Å². The van der Waals surface area contributed by atoms with Crippen molar-refractivity contribution >= 4 is 22.6 Å². The lowest BCUT2D eigenvalue weighted by Crippen LogP contribution is -2.50. The number of nitrogens with one attached hydrogen (secondary N) is 1. The summed E-state index contributed by atoms with van der Waals surface area (Å²) in [5, 5.41) is 9.30. The first-order chi connectivity index (χ1) is 12.9. The topological polar surface area (TPSA) is 99.4 Å². The Morgan fingerprint density at radius 1 is 1.33 bits per heavy atom. The normalized spacial score (nSPS) is 23.8. The van der Waals surface area contributed by atoms with Gasteiger partial charge in [-0.1, -0.05) is 0 Å². The number of H-pyrrole nitrogens is 1. The minimum atomic E-state index is -1.31. The predicted molar refractivity (Wildman–Crippen MR) is 99.9 cm³/mol. The third kappa shape index (κ3) is 2.48. The molecule has 1 aliphatic heterocycles. The van der Waals surface area contributed by atoms with E-state index in [1.54, 1.807) is 0 Å². The SMILES string of the molecule is NC1CN(c2c(F)cc3c(=O)c(C(=O)O)c[nH]c3c2C2CC2)CCC12CC2. The lowest BCUT2D eigenvalue weighted by Gasteiger charge is -2.39. The Labute approximate surface area is 155 Å². The van der Waals surface area contributed by atoms with Crippen LogP contribution in [0.2, 0.25) is 0 Å². The van der Waals surface area contributed by atoms with Crippen molar-refractivity contribution in [3.63, 3.8) is 0 Å². The Kier molecular flexibility index (Phi) is 3.44. The number of carbonyl (C=O) groups is 1. The van der Waals surface area contributed by atoms with Crippen LogP contribution in [0, 0.1) is 11.2 Å². The number of aromatic carboxylic acids is 1. The Morgan fingerprint density at radius 2 is 2.07 bits per heavy atom. The van der Waals surface area contributed by atoms with Crippen molar-refractivity contribution in [1.29, 1.82) is 0 Å². The van der Waals surface area contributed by atoms with Gasteiger partial charge in [0.25, 0.3) is 0 Å². The number of fused-ring (bicyclic) bond motifs is 1. The number of nitrogens with two attached hydrogens (primary N) is 1. The maximum atomic E-state index is 15.2. The van der Waals surface area contributed by atoms with Gasteiger partial charge in [0.2, 0.25) is 5.43 Å². The Balaban J connectivity index is 1.67. The van der Waals surface area contributed by atoms with Gasteiger partial charge >= 0.3 is 5.97 Å². The zero-order chi connectivity index (χ0) is 18.9. The van der Waals surface area contributed by atoms with Crippen molar-refractivity contribution in [1.82, 2.24) is 4.98 Å². The van der Waals surface area contributed by atoms with Gasteiger partial charge in [-0.05, 0) is 49.5 Å². The highest BCUT2D eigenvalue weighted by atomic mass is 19.1. The second-order valence-electron chi connectivity index (χ2n) is 8.32. The first kappa shape index (κ1) is 16.7. The summed E-state index contributed by atoms with van der Waals surface area (Å²) in [6.07, 6.45) is 6.38. The monoisotopic (exact) mass is 371 g/mol. The molecule has 1 aromatic heterocycles. The first-order valence-corrected chi connectivity index (χ1v) is 9.53. The molecule has 5 rings (SSSR count). The number of carboxylic acid groups (broad SMARTS) is 1. The van der Waals surface area contributed by atoms with Crippen LogP contribution < -0.4 is 16.1 Å². The van der Waals surface area contributed by atoms with E-state index in [0.717, 1.165) is 44.2 Å². The molecule has 1 unspecified atom stereocenters. The van der Waals surface area contributed by atoms with Gasteiger partial charge in [-0.2, -0.15) is 0 Å². The van der Waals surface area contributed by atoms with Crippen molar-refractivity contribution in [3.05, 3.63) is 39.4 Å². The maximum absolute atomic E-state index is 15.2. The third-order valence-electron chi connectivity index (χ3n) is 6.65. The molecule has 2 aliphatic carbocycles. The molecule has 0 radical (unpaired) electrons. The fraction of sp³-hybridized carbons (Fsp3) is 0.500. The number of benzene rings is 1. The second kappa shape index (κ2) is 5.55. The lowest BCUT2D eigenvalue weighted by atomic mass is 9.88. The van der Waals surface area contributed by atoms with Crippen LogP contribution in [0.5, 0.6) is 0 Å². The minimum absolute atomic E-state index is 0.0295. The number of aromatic amines is 1. The summed E-state index contributed by atoms with van der Waals surface area (Å²) >= 11 is 0. The molecule has 6 nitrogen and oxygen atoms in total. The lowest BCUT2D eigenvalue weighted by molar-refractivity contribution is 0.0695. The molecule has 7 heteroatoms. The van der Waals surface area contributed by atoms with Gasteiger partial charge in [0.05, 0.1) is 11.2 Å². The molecule has 1 spiro atoms. The van der Waals surface area contributed by atoms with Crippen LogP contribution >= 0.6 is 0 Å². The molecule has 27 heavy (non-hydrogen) atoms. The minimum Gasteiger partial charge on any atom is -0.477 e. The molecule has 4 N–H and O–H groups in total. The van der Waals surface area contributed by atoms with Crippen molar-refractivity contribution in [2.45, 2.75) is 44.1 Å². The molecule has 3 aliphatic rings. The van der Waals surface area contributed by atoms with E-state index in [0.29, 0.717) is 17.7 Å². The molecule has 0 amide bonds. The summed E-state index contributed by atoms with van der Waals surface area (Å²) in [6.45, 7) is 1.37. The van der Waals surface area contributed by atoms with Crippen LogP contribution in [0.1, 0.15) is 53.9 Å². The fourth-order valence-corrected chi connectivity index (χ4v) is 4.65. The van der Waals surface area contributed by atoms with Gasteiger partial charge in [-0.25, -0.2) is 9.18 Å². The summed E-state index contributed by atoms with van der Waals surface area (Å²) in [5.74, 6) is -1.58. The number of nitrogens with zero attached hydrogens (tertiary/aromatic N) is 1. The Bertz CT molecular complexity index is 1020. The van der Waals surface area contributed by atoms with Gasteiger partial charge < -0.3 is 20.7 Å². The molecule has 142 valence electrons. The zero-order valence-corrected chi connectivity index (χ0v) is 14.9. The highest BCUT2D eigenvalue weighted by molar-refractivity contribution is 5.95. The van der Waals surface area contributed by atoms with E-state index in [9.17, 15) is 14.7 Å². The first-order valence-electron chi connectivity index (χ1n) is 9.53. The smallest absolute Gasteiger partial charge is 0.341 e. The van der Waals surface area contributed by atoms with E-state index in [1.807, 2.05) is 4.90 Å². The molecule has 2 aromatic rings. The van der Waals surface area contributed by atoms with Crippen LogP contribution in [0.4, 0.5) is 10.1 Å². The summed E-state index contributed by atoms with van der Waals surface area (Å²) < 4.78 is 15.2. The quantitative estimate of drug-likeness (QED) is 0.770. The summed E-state index contributed by atoms with van der Waals surface area (Å²) in [5.41, 5.74) is 7.53. The Hall–Kier alpha value is -2.41. The van der Waals surface area contributed by atoms with Gasteiger partial charge in [-0.3, -0.25) is 4.79 Å². The highest BCUT2D eigenvalue weighted by Gasteiger charge is 2.50.